The maximum atomic E-state index is 13.7. The molecule has 0 aliphatic carbocycles. The molecule has 1 heterocycles. The topological polar surface area (TPSA) is 33.1 Å². The minimum atomic E-state index is -0.201. The van der Waals surface area contributed by atoms with Gasteiger partial charge in [0.2, 0.25) is 0 Å². The third-order valence-electron chi connectivity index (χ3n) is 3.14. The molecule has 5 heteroatoms. The normalized spacial score (nSPS) is 10.8. The van der Waals surface area contributed by atoms with Gasteiger partial charge in [0, 0.05) is 44.6 Å². The number of aromatic nitrogens is 2. The van der Waals surface area contributed by atoms with Crippen LogP contribution in [0.4, 0.5) is 10.1 Å². The summed E-state index contributed by atoms with van der Waals surface area (Å²) < 4.78 is 15.5. The van der Waals surface area contributed by atoms with Crippen LogP contribution in [0, 0.1) is 5.82 Å². The lowest BCUT2D eigenvalue weighted by molar-refractivity contribution is 0.621. The highest BCUT2D eigenvalue weighted by Gasteiger charge is 2.07. The first-order valence-electron chi connectivity index (χ1n) is 6.77. The summed E-state index contributed by atoms with van der Waals surface area (Å²) in [7, 11) is 3.85. The van der Waals surface area contributed by atoms with Crippen LogP contribution in [-0.4, -0.2) is 23.4 Å². The number of benzene rings is 1. The number of anilines is 1. The van der Waals surface area contributed by atoms with E-state index in [4.69, 9.17) is 0 Å². The molecule has 0 atom stereocenters. The Kier molecular flexibility index (Phi) is 4.74. The summed E-state index contributed by atoms with van der Waals surface area (Å²) >= 11 is 0. The van der Waals surface area contributed by atoms with Crippen molar-refractivity contribution in [2.75, 3.05) is 18.5 Å². The van der Waals surface area contributed by atoms with Crippen LogP contribution in [0.3, 0.4) is 0 Å². The predicted molar refractivity (Wildman–Crippen MR) is 79.1 cm³/mol. The number of rotatable bonds is 6. The van der Waals surface area contributed by atoms with Crippen LogP contribution in [0.25, 0.3) is 0 Å². The van der Waals surface area contributed by atoms with Crippen molar-refractivity contribution in [2.45, 2.75) is 20.0 Å². The van der Waals surface area contributed by atoms with Crippen LogP contribution in [0.15, 0.2) is 30.6 Å². The maximum Gasteiger partial charge on any atom is 0.125 e. The molecule has 4 nitrogen and oxygen atoms in total. The first-order valence-corrected chi connectivity index (χ1v) is 6.77. The molecule has 2 rings (SSSR count). The third kappa shape index (κ3) is 3.81. The summed E-state index contributed by atoms with van der Waals surface area (Å²) in [5, 5.41) is 7.36. The summed E-state index contributed by atoms with van der Waals surface area (Å²) in [6.07, 6.45) is 3.80. The van der Waals surface area contributed by atoms with Gasteiger partial charge in [-0.1, -0.05) is 6.92 Å². The van der Waals surface area contributed by atoms with Gasteiger partial charge >= 0.3 is 0 Å². The Morgan fingerprint density at radius 2 is 2.10 bits per heavy atom. The Morgan fingerprint density at radius 1 is 1.30 bits per heavy atom. The van der Waals surface area contributed by atoms with Crippen molar-refractivity contribution >= 4 is 5.69 Å². The molecule has 0 unspecified atom stereocenters. The largest absolute Gasteiger partial charge is 0.370 e. The number of nitrogens with zero attached hydrogens (tertiary/aromatic N) is 3. The van der Waals surface area contributed by atoms with Crippen LogP contribution in [-0.2, 0) is 20.1 Å². The minimum absolute atomic E-state index is 0.201. The number of hydrogen-bond acceptors (Lipinski definition) is 3. The van der Waals surface area contributed by atoms with Gasteiger partial charge in [-0.15, -0.1) is 0 Å². The number of aryl methyl sites for hydroxylation is 1. The van der Waals surface area contributed by atoms with Gasteiger partial charge in [0.1, 0.15) is 5.82 Å². The van der Waals surface area contributed by atoms with Crippen LogP contribution in [0.5, 0.6) is 0 Å². The van der Waals surface area contributed by atoms with E-state index < -0.39 is 0 Å². The molecule has 20 heavy (non-hydrogen) atoms. The fraction of sp³-hybridized carbons (Fsp3) is 0.400. The monoisotopic (exact) mass is 276 g/mol. The molecule has 1 aromatic heterocycles. The van der Waals surface area contributed by atoms with Crippen LogP contribution in [0.2, 0.25) is 0 Å². The lowest BCUT2D eigenvalue weighted by atomic mass is 10.1. The Hall–Kier alpha value is -1.88. The molecule has 1 N–H and O–H groups in total. The number of halogens is 1. The van der Waals surface area contributed by atoms with E-state index >= 15 is 0 Å². The quantitative estimate of drug-likeness (QED) is 0.879. The Labute approximate surface area is 119 Å². The van der Waals surface area contributed by atoms with Gasteiger partial charge in [0.15, 0.2) is 0 Å². The summed E-state index contributed by atoms with van der Waals surface area (Å²) in [5.41, 5.74) is 2.94. The van der Waals surface area contributed by atoms with Gasteiger partial charge in [0.25, 0.3) is 0 Å². The minimum Gasteiger partial charge on any atom is -0.370 e. The molecular formula is C15H21FN4. The second-order valence-electron chi connectivity index (χ2n) is 4.98. The molecule has 108 valence electrons. The highest BCUT2D eigenvalue weighted by atomic mass is 19.1. The molecule has 0 saturated carbocycles. The zero-order chi connectivity index (χ0) is 14.5. The molecule has 0 spiro atoms. The molecule has 0 radical (unpaired) electrons. The van der Waals surface area contributed by atoms with Crippen LogP contribution >= 0.6 is 0 Å². The fourth-order valence-corrected chi connectivity index (χ4v) is 2.14. The first kappa shape index (κ1) is 14.5. The Balaban J connectivity index is 2.12. The molecule has 0 aliphatic heterocycles. The van der Waals surface area contributed by atoms with Crippen LogP contribution < -0.4 is 10.2 Å². The summed E-state index contributed by atoms with van der Waals surface area (Å²) in [6, 6.07) is 5.15. The van der Waals surface area contributed by atoms with E-state index in [-0.39, 0.29) is 5.82 Å². The van der Waals surface area contributed by atoms with E-state index in [2.05, 4.69) is 10.4 Å². The first-order chi connectivity index (χ1) is 9.58. The molecule has 0 amide bonds. The molecule has 1 aromatic carbocycles. The van der Waals surface area contributed by atoms with Crippen molar-refractivity contribution in [3.63, 3.8) is 0 Å². The van der Waals surface area contributed by atoms with Crippen molar-refractivity contribution in [3.8, 4) is 0 Å². The molecular weight excluding hydrogens is 255 g/mol. The van der Waals surface area contributed by atoms with Crippen LogP contribution in [0.1, 0.15) is 18.1 Å². The van der Waals surface area contributed by atoms with Crippen molar-refractivity contribution < 1.29 is 4.39 Å². The molecule has 0 fully saturated rings. The van der Waals surface area contributed by atoms with Gasteiger partial charge in [-0.2, -0.15) is 5.10 Å². The van der Waals surface area contributed by atoms with E-state index in [0.717, 1.165) is 23.4 Å². The smallest absolute Gasteiger partial charge is 0.125 e. The van der Waals surface area contributed by atoms with E-state index in [1.807, 2.05) is 44.4 Å². The third-order valence-corrected chi connectivity index (χ3v) is 3.14. The van der Waals surface area contributed by atoms with Crippen molar-refractivity contribution in [2.24, 2.45) is 7.05 Å². The molecule has 0 bridgehead atoms. The van der Waals surface area contributed by atoms with Gasteiger partial charge in [-0.3, -0.25) is 4.68 Å². The van der Waals surface area contributed by atoms with Crippen molar-refractivity contribution in [1.29, 1.82) is 0 Å². The summed E-state index contributed by atoms with van der Waals surface area (Å²) in [4.78, 5) is 2.02. The van der Waals surface area contributed by atoms with E-state index in [1.54, 1.807) is 16.8 Å². The van der Waals surface area contributed by atoms with Crippen molar-refractivity contribution in [3.05, 3.63) is 47.5 Å². The highest BCUT2D eigenvalue weighted by Crippen LogP contribution is 2.19. The fourth-order valence-electron chi connectivity index (χ4n) is 2.14. The summed E-state index contributed by atoms with van der Waals surface area (Å²) in [5.74, 6) is -0.201. The highest BCUT2D eigenvalue weighted by molar-refractivity contribution is 5.48. The molecule has 0 aliphatic rings. The molecule has 0 saturated heterocycles. The van der Waals surface area contributed by atoms with E-state index in [0.29, 0.717) is 13.1 Å². The predicted octanol–water partition coefficient (Wildman–Crippen LogP) is 2.31. The SMILES string of the molecule is CCNCc1cc(F)cc(N(C)Cc2cnn(C)c2)c1. The Bertz CT molecular complexity index is 565. The molecule has 2 aromatic rings. The van der Waals surface area contributed by atoms with Gasteiger partial charge in [0.05, 0.1) is 6.20 Å². The average molecular weight is 276 g/mol. The lowest BCUT2D eigenvalue weighted by Crippen LogP contribution is -2.17. The van der Waals surface area contributed by atoms with Crippen molar-refractivity contribution in [1.82, 2.24) is 15.1 Å². The second kappa shape index (κ2) is 6.52. The maximum absolute atomic E-state index is 13.7. The number of hydrogen-bond donors (Lipinski definition) is 1. The second-order valence-corrected chi connectivity index (χ2v) is 4.98. The van der Waals surface area contributed by atoms with Gasteiger partial charge in [-0.05, 0) is 30.3 Å². The summed E-state index contributed by atoms with van der Waals surface area (Å²) in [6.45, 7) is 4.30. The zero-order valence-corrected chi connectivity index (χ0v) is 12.2. The van der Waals surface area contributed by atoms with E-state index in [1.165, 1.54) is 0 Å². The zero-order valence-electron chi connectivity index (χ0n) is 12.2. The Morgan fingerprint density at radius 3 is 2.75 bits per heavy atom. The van der Waals surface area contributed by atoms with E-state index in [9.17, 15) is 4.39 Å². The number of nitrogens with one attached hydrogen (secondary N) is 1. The van der Waals surface area contributed by atoms with Gasteiger partial charge < -0.3 is 10.2 Å². The standard InChI is InChI=1S/C15H21FN4/c1-4-17-8-12-5-14(16)7-15(6-12)19(2)10-13-9-18-20(3)11-13/h5-7,9,11,17H,4,8,10H2,1-3H3. The average Bonchev–Trinajstić information content (AvgIpc) is 2.81. The van der Waals surface area contributed by atoms with Gasteiger partial charge in [-0.25, -0.2) is 4.39 Å². The lowest BCUT2D eigenvalue weighted by Gasteiger charge is -2.19.